The van der Waals surface area contributed by atoms with Crippen LogP contribution in [-0.4, -0.2) is 34.6 Å². The molecule has 1 fully saturated rings. The van der Waals surface area contributed by atoms with Gasteiger partial charge in [-0.15, -0.1) is 0 Å². The first-order valence-corrected chi connectivity index (χ1v) is 6.99. The minimum atomic E-state index is 0.664. The third-order valence-electron chi connectivity index (χ3n) is 3.67. The molecule has 0 amide bonds. The maximum Gasteiger partial charge on any atom is 0.178 e. The molecule has 5 heteroatoms. The van der Waals surface area contributed by atoms with E-state index in [1.807, 2.05) is 18.2 Å². The largest absolute Gasteiger partial charge is 0.331 e. The summed E-state index contributed by atoms with van der Waals surface area (Å²) in [4.78, 5) is 5.60. The van der Waals surface area contributed by atoms with Crippen LogP contribution in [0.3, 0.4) is 0 Å². The van der Waals surface area contributed by atoms with Gasteiger partial charge in [-0.25, -0.2) is 0 Å². The maximum atomic E-state index is 6.29. The SMILES string of the molecule is CN1CCC(Cn2c(=S)[nH]c3cccc(Cl)c32)C1. The Balaban J connectivity index is 2.01. The lowest BCUT2D eigenvalue weighted by molar-refractivity contribution is 0.379. The number of rotatable bonds is 2. The second-order valence-electron chi connectivity index (χ2n) is 5.09. The van der Waals surface area contributed by atoms with Gasteiger partial charge in [0, 0.05) is 13.1 Å². The molecule has 1 saturated heterocycles. The van der Waals surface area contributed by atoms with Crippen LogP contribution in [0.2, 0.25) is 5.02 Å². The molecule has 1 aliphatic heterocycles. The van der Waals surface area contributed by atoms with Gasteiger partial charge >= 0.3 is 0 Å². The Morgan fingerprint density at radius 2 is 2.33 bits per heavy atom. The molecular weight excluding hydrogens is 266 g/mol. The Labute approximate surface area is 116 Å². The molecule has 1 aromatic heterocycles. The van der Waals surface area contributed by atoms with Crippen LogP contribution in [0, 0.1) is 10.7 Å². The standard InChI is InChI=1S/C13H16ClN3S/c1-16-6-5-9(7-16)8-17-12-10(14)3-2-4-11(12)15-13(17)18/h2-4,9H,5-8H2,1H3,(H,15,18). The van der Waals surface area contributed by atoms with Gasteiger partial charge < -0.3 is 14.5 Å². The van der Waals surface area contributed by atoms with E-state index in [0.717, 1.165) is 33.9 Å². The highest BCUT2D eigenvalue weighted by atomic mass is 35.5. The zero-order valence-electron chi connectivity index (χ0n) is 10.3. The summed E-state index contributed by atoms with van der Waals surface area (Å²) < 4.78 is 2.92. The van der Waals surface area contributed by atoms with Crippen molar-refractivity contribution in [3.63, 3.8) is 0 Å². The Hall–Kier alpha value is -0.840. The van der Waals surface area contributed by atoms with Crippen molar-refractivity contribution in [2.45, 2.75) is 13.0 Å². The Morgan fingerprint density at radius 3 is 3.06 bits per heavy atom. The number of imidazole rings is 1. The number of H-pyrrole nitrogens is 1. The van der Waals surface area contributed by atoms with E-state index in [1.54, 1.807) is 0 Å². The first-order valence-electron chi connectivity index (χ1n) is 6.20. The average molecular weight is 282 g/mol. The van der Waals surface area contributed by atoms with Crippen LogP contribution in [0.4, 0.5) is 0 Å². The highest BCUT2D eigenvalue weighted by Crippen LogP contribution is 2.26. The van der Waals surface area contributed by atoms with E-state index in [0.29, 0.717) is 5.92 Å². The summed E-state index contributed by atoms with van der Waals surface area (Å²) in [5.41, 5.74) is 2.07. The Bertz CT molecular complexity index is 631. The molecule has 1 aromatic carbocycles. The zero-order valence-corrected chi connectivity index (χ0v) is 11.9. The smallest absolute Gasteiger partial charge is 0.178 e. The van der Waals surface area contributed by atoms with Crippen molar-refractivity contribution in [2.75, 3.05) is 20.1 Å². The highest BCUT2D eigenvalue weighted by molar-refractivity contribution is 7.71. The van der Waals surface area contributed by atoms with E-state index >= 15 is 0 Å². The third kappa shape index (κ3) is 2.09. The van der Waals surface area contributed by atoms with Crippen LogP contribution in [0.25, 0.3) is 11.0 Å². The number of halogens is 1. The second-order valence-corrected chi connectivity index (χ2v) is 5.89. The van der Waals surface area contributed by atoms with E-state index in [2.05, 4.69) is 21.5 Å². The monoisotopic (exact) mass is 281 g/mol. The fraction of sp³-hybridized carbons (Fsp3) is 0.462. The minimum absolute atomic E-state index is 0.664. The van der Waals surface area contributed by atoms with Crippen molar-refractivity contribution in [1.82, 2.24) is 14.5 Å². The number of aromatic amines is 1. The highest BCUT2D eigenvalue weighted by Gasteiger charge is 2.21. The molecule has 3 rings (SSSR count). The Kier molecular flexibility index (Phi) is 3.18. The molecular formula is C13H16ClN3S. The van der Waals surface area contributed by atoms with E-state index in [4.69, 9.17) is 23.8 Å². The number of nitrogens with zero attached hydrogens (tertiary/aromatic N) is 2. The van der Waals surface area contributed by atoms with E-state index < -0.39 is 0 Å². The normalized spacial score (nSPS) is 20.9. The van der Waals surface area contributed by atoms with Gasteiger partial charge in [0.15, 0.2) is 4.77 Å². The van der Waals surface area contributed by atoms with E-state index in [1.165, 1.54) is 13.0 Å². The predicted octanol–water partition coefficient (Wildman–Crippen LogP) is 3.30. The van der Waals surface area contributed by atoms with E-state index in [9.17, 15) is 0 Å². The quantitative estimate of drug-likeness (QED) is 0.854. The molecule has 2 heterocycles. The van der Waals surface area contributed by atoms with Crippen LogP contribution in [0.15, 0.2) is 18.2 Å². The second kappa shape index (κ2) is 4.68. The summed E-state index contributed by atoms with van der Waals surface area (Å²) in [5, 5.41) is 0.770. The maximum absolute atomic E-state index is 6.29. The number of hydrogen-bond acceptors (Lipinski definition) is 2. The van der Waals surface area contributed by atoms with Gasteiger partial charge in [-0.3, -0.25) is 0 Å². The van der Waals surface area contributed by atoms with Crippen molar-refractivity contribution in [3.05, 3.63) is 28.0 Å². The predicted molar refractivity (Wildman–Crippen MR) is 77.7 cm³/mol. The topological polar surface area (TPSA) is 24.0 Å². The van der Waals surface area contributed by atoms with Crippen molar-refractivity contribution in [2.24, 2.45) is 5.92 Å². The Morgan fingerprint density at radius 1 is 1.50 bits per heavy atom. The van der Waals surface area contributed by atoms with Crippen molar-refractivity contribution >= 4 is 34.9 Å². The average Bonchev–Trinajstić information content (AvgIpc) is 2.85. The number of nitrogens with one attached hydrogen (secondary N) is 1. The molecule has 1 atom stereocenters. The molecule has 2 aromatic rings. The lowest BCUT2D eigenvalue weighted by atomic mass is 10.1. The van der Waals surface area contributed by atoms with Crippen LogP contribution < -0.4 is 0 Å². The fourth-order valence-corrected chi connectivity index (χ4v) is 3.33. The van der Waals surface area contributed by atoms with Gasteiger partial charge in [0.05, 0.1) is 16.1 Å². The number of benzene rings is 1. The minimum Gasteiger partial charge on any atom is -0.331 e. The summed E-state index contributed by atoms with van der Waals surface area (Å²) in [6, 6.07) is 5.89. The van der Waals surface area contributed by atoms with Crippen molar-refractivity contribution in [1.29, 1.82) is 0 Å². The molecule has 0 spiro atoms. The number of para-hydroxylation sites is 1. The first-order chi connectivity index (χ1) is 8.65. The van der Waals surface area contributed by atoms with Gasteiger partial charge in [0.25, 0.3) is 0 Å². The summed E-state index contributed by atoms with van der Waals surface area (Å²) in [6.45, 7) is 3.26. The van der Waals surface area contributed by atoms with Crippen molar-refractivity contribution < 1.29 is 0 Å². The van der Waals surface area contributed by atoms with Crippen LogP contribution in [0.5, 0.6) is 0 Å². The summed E-state index contributed by atoms with van der Waals surface area (Å²) >= 11 is 11.7. The lowest BCUT2D eigenvalue weighted by Gasteiger charge is -2.12. The third-order valence-corrected chi connectivity index (χ3v) is 4.30. The van der Waals surface area contributed by atoms with Gasteiger partial charge in [-0.05, 0) is 50.3 Å². The molecule has 0 radical (unpaired) electrons. The molecule has 18 heavy (non-hydrogen) atoms. The van der Waals surface area contributed by atoms with Crippen LogP contribution >= 0.6 is 23.8 Å². The molecule has 0 aliphatic carbocycles. The number of hydrogen-bond donors (Lipinski definition) is 1. The zero-order chi connectivity index (χ0) is 12.7. The molecule has 96 valence electrons. The van der Waals surface area contributed by atoms with Gasteiger partial charge in [-0.1, -0.05) is 17.7 Å². The van der Waals surface area contributed by atoms with Crippen LogP contribution in [-0.2, 0) is 6.54 Å². The summed E-state index contributed by atoms with van der Waals surface area (Å²) in [6.07, 6.45) is 1.23. The molecule has 1 aliphatic rings. The molecule has 1 unspecified atom stereocenters. The van der Waals surface area contributed by atoms with Gasteiger partial charge in [-0.2, -0.15) is 0 Å². The first kappa shape index (κ1) is 12.2. The summed E-state index contributed by atoms with van der Waals surface area (Å²) in [5.74, 6) is 0.664. The number of fused-ring (bicyclic) bond motifs is 1. The summed E-state index contributed by atoms with van der Waals surface area (Å²) in [7, 11) is 2.17. The van der Waals surface area contributed by atoms with Crippen LogP contribution in [0.1, 0.15) is 6.42 Å². The number of aromatic nitrogens is 2. The van der Waals surface area contributed by atoms with Gasteiger partial charge in [0.2, 0.25) is 0 Å². The molecule has 3 nitrogen and oxygen atoms in total. The fourth-order valence-electron chi connectivity index (χ4n) is 2.78. The molecule has 0 bridgehead atoms. The number of likely N-dealkylation sites (tertiary alicyclic amines) is 1. The lowest BCUT2D eigenvalue weighted by Crippen LogP contribution is -2.17. The van der Waals surface area contributed by atoms with Gasteiger partial charge in [0.1, 0.15) is 0 Å². The molecule has 0 saturated carbocycles. The van der Waals surface area contributed by atoms with Crippen molar-refractivity contribution in [3.8, 4) is 0 Å². The van der Waals surface area contributed by atoms with E-state index in [-0.39, 0.29) is 0 Å². The molecule has 1 N–H and O–H groups in total.